The highest BCUT2D eigenvalue weighted by Gasteiger charge is 2.40. The smallest absolute Gasteiger partial charge is 0.0833 e. The molecule has 1 aliphatic rings. The van der Waals surface area contributed by atoms with Gasteiger partial charge in [-0.2, -0.15) is 5.26 Å². The summed E-state index contributed by atoms with van der Waals surface area (Å²) < 4.78 is 1.04. The monoisotopic (exact) mass is 317 g/mol. The molecular formula is C11H9ClIN. The third-order valence-electron chi connectivity index (χ3n) is 2.89. The Morgan fingerprint density at radius 1 is 1.43 bits per heavy atom. The average Bonchev–Trinajstić information content (AvgIpc) is 2.11. The number of hydrogen-bond acceptors (Lipinski definition) is 1. The molecule has 1 saturated carbocycles. The van der Waals surface area contributed by atoms with Gasteiger partial charge in [0.1, 0.15) is 0 Å². The molecule has 0 N–H and O–H groups in total. The first-order valence-corrected chi connectivity index (χ1v) is 6.01. The van der Waals surface area contributed by atoms with E-state index in [-0.39, 0.29) is 5.41 Å². The van der Waals surface area contributed by atoms with Crippen molar-refractivity contribution in [1.29, 1.82) is 5.26 Å². The zero-order valence-corrected chi connectivity index (χ0v) is 10.5. The van der Waals surface area contributed by atoms with E-state index in [1.807, 2.05) is 18.2 Å². The van der Waals surface area contributed by atoms with Gasteiger partial charge in [-0.15, -0.1) is 0 Å². The largest absolute Gasteiger partial charge is 0.197 e. The summed E-state index contributed by atoms with van der Waals surface area (Å²) in [5.74, 6) is 0. The van der Waals surface area contributed by atoms with Gasteiger partial charge in [0.05, 0.1) is 16.5 Å². The molecule has 1 nitrogen and oxygen atoms in total. The van der Waals surface area contributed by atoms with Crippen LogP contribution in [0, 0.1) is 14.9 Å². The van der Waals surface area contributed by atoms with E-state index < -0.39 is 0 Å². The van der Waals surface area contributed by atoms with Gasteiger partial charge in [0.25, 0.3) is 0 Å². The summed E-state index contributed by atoms with van der Waals surface area (Å²) in [5, 5.41) is 9.96. The van der Waals surface area contributed by atoms with Crippen molar-refractivity contribution in [3.05, 3.63) is 32.4 Å². The highest BCUT2D eigenvalue weighted by Crippen LogP contribution is 2.45. The molecular weight excluding hydrogens is 308 g/mol. The fraction of sp³-hybridized carbons (Fsp3) is 0.364. The molecule has 1 aromatic carbocycles. The van der Waals surface area contributed by atoms with Crippen LogP contribution in [0.3, 0.4) is 0 Å². The summed E-state index contributed by atoms with van der Waals surface area (Å²) >= 11 is 8.27. The highest BCUT2D eigenvalue weighted by molar-refractivity contribution is 14.1. The van der Waals surface area contributed by atoms with Crippen LogP contribution in [0.5, 0.6) is 0 Å². The SMILES string of the molecule is N#CC1(c2cccc(Cl)c2I)CCC1. The van der Waals surface area contributed by atoms with Crippen molar-refractivity contribution in [2.45, 2.75) is 24.7 Å². The Bertz CT molecular complexity index is 404. The predicted molar refractivity (Wildman–Crippen MR) is 65.3 cm³/mol. The maximum Gasteiger partial charge on any atom is 0.0833 e. The van der Waals surface area contributed by atoms with E-state index in [4.69, 9.17) is 11.6 Å². The normalized spacial score (nSPS) is 18.4. The zero-order chi connectivity index (χ0) is 10.2. The van der Waals surface area contributed by atoms with Gasteiger partial charge in [0, 0.05) is 3.57 Å². The molecule has 14 heavy (non-hydrogen) atoms. The van der Waals surface area contributed by atoms with Gasteiger partial charge in [0.2, 0.25) is 0 Å². The summed E-state index contributed by atoms with van der Waals surface area (Å²) in [4.78, 5) is 0. The molecule has 1 aromatic rings. The van der Waals surface area contributed by atoms with Crippen molar-refractivity contribution in [2.75, 3.05) is 0 Å². The van der Waals surface area contributed by atoms with Crippen molar-refractivity contribution in [2.24, 2.45) is 0 Å². The van der Waals surface area contributed by atoms with E-state index in [1.165, 1.54) is 0 Å². The lowest BCUT2D eigenvalue weighted by atomic mass is 9.65. The van der Waals surface area contributed by atoms with Gasteiger partial charge < -0.3 is 0 Å². The molecule has 2 rings (SSSR count). The minimum atomic E-state index is -0.249. The van der Waals surface area contributed by atoms with Gasteiger partial charge in [0.15, 0.2) is 0 Å². The molecule has 0 spiro atoms. The van der Waals surface area contributed by atoms with Crippen LogP contribution in [0.15, 0.2) is 18.2 Å². The Morgan fingerprint density at radius 2 is 2.14 bits per heavy atom. The maximum atomic E-state index is 9.21. The molecule has 72 valence electrons. The minimum Gasteiger partial charge on any atom is -0.197 e. The molecule has 1 fully saturated rings. The molecule has 0 radical (unpaired) electrons. The zero-order valence-electron chi connectivity index (χ0n) is 7.56. The Balaban J connectivity index is 2.51. The Labute approximate surface area is 102 Å². The molecule has 0 unspecified atom stereocenters. The highest BCUT2D eigenvalue weighted by atomic mass is 127. The van der Waals surface area contributed by atoms with Crippen LogP contribution >= 0.6 is 34.2 Å². The molecule has 0 aromatic heterocycles. The minimum absolute atomic E-state index is 0.249. The summed E-state index contributed by atoms with van der Waals surface area (Å²) in [5.41, 5.74) is 0.862. The van der Waals surface area contributed by atoms with Gasteiger partial charge in [-0.3, -0.25) is 0 Å². The summed E-state index contributed by atoms with van der Waals surface area (Å²) in [6.07, 6.45) is 3.09. The lowest BCUT2D eigenvalue weighted by molar-refractivity contribution is 0.322. The Hall–Kier alpha value is -0.270. The number of benzene rings is 1. The Kier molecular flexibility index (Phi) is 2.72. The van der Waals surface area contributed by atoms with Gasteiger partial charge >= 0.3 is 0 Å². The first-order chi connectivity index (χ1) is 6.69. The van der Waals surface area contributed by atoms with E-state index in [2.05, 4.69) is 28.7 Å². The van der Waals surface area contributed by atoms with E-state index >= 15 is 0 Å². The fourth-order valence-electron chi connectivity index (χ4n) is 1.85. The molecule has 0 amide bonds. The van der Waals surface area contributed by atoms with Crippen LogP contribution in [0.25, 0.3) is 0 Å². The first-order valence-electron chi connectivity index (χ1n) is 4.55. The van der Waals surface area contributed by atoms with Crippen molar-refractivity contribution in [3.63, 3.8) is 0 Å². The molecule has 1 aliphatic carbocycles. The third-order valence-corrected chi connectivity index (χ3v) is 4.68. The van der Waals surface area contributed by atoms with Crippen molar-refractivity contribution >= 4 is 34.2 Å². The second kappa shape index (κ2) is 3.71. The second-order valence-electron chi connectivity index (χ2n) is 3.65. The van der Waals surface area contributed by atoms with Gasteiger partial charge in [-0.1, -0.05) is 23.7 Å². The molecule has 0 atom stereocenters. The summed E-state index contributed by atoms with van der Waals surface area (Å²) in [6, 6.07) is 8.26. The van der Waals surface area contributed by atoms with E-state index in [9.17, 15) is 5.26 Å². The van der Waals surface area contributed by atoms with Crippen LogP contribution in [-0.4, -0.2) is 0 Å². The number of halogens is 2. The number of nitriles is 1. The number of hydrogen-bond donors (Lipinski definition) is 0. The van der Waals surface area contributed by atoms with Crippen LogP contribution in [0.4, 0.5) is 0 Å². The van der Waals surface area contributed by atoms with Gasteiger partial charge in [-0.05, 0) is 53.5 Å². The molecule has 3 heteroatoms. The topological polar surface area (TPSA) is 23.8 Å². The number of nitrogens with zero attached hydrogens (tertiary/aromatic N) is 1. The lowest BCUT2D eigenvalue weighted by Crippen LogP contribution is -2.33. The van der Waals surface area contributed by atoms with Crippen LogP contribution in [0.2, 0.25) is 5.02 Å². The van der Waals surface area contributed by atoms with E-state index in [1.54, 1.807) is 0 Å². The summed E-state index contributed by atoms with van der Waals surface area (Å²) in [7, 11) is 0. The first kappa shape index (κ1) is 10.3. The van der Waals surface area contributed by atoms with E-state index in [0.29, 0.717) is 0 Å². The average molecular weight is 318 g/mol. The van der Waals surface area contributed by atoms with Crippen molar-refractivity contribution < 1.29 is 0 Å². The van der Waals surface area contributed by atoms with Gasteiger partial charge in [-0.25, -0.2) is 0 Å². The molecule has 0 saturated heterocycles. The fourth-order valence-corrected chi connectivity index (χ4v) is 2.90. The maximum absolute atomic E-state index is 9.21. The predicted octanol–water partition coefficient (Wildman–Crippen LogP) is 3.89. The molecule has 0 aliphatic heterocycles. The lowest BCUT2D eigenvalue weighted by Gasteiger charge is -2.36. The molecule has 0 bridgehead atoms. The van der Waals surface area contributed by atoms with Crippen molar-refractivity contribution in [1.82, 2.24) is 0 Å². The number of rotatable bonds is 1. The standard InChI is InChI=1S/C11H9ClIN/c12-9-4-1-3-8(10(9)13)11(7-14)5-2-6-11/h1,3-4H,2,5-6H2. The quantitative estimate of drug-likeness (QED) is 0.721. The molecule has 0 heterocycles. The third kappa shape index (κ3) is 1.43. The Morgan fingerprint density at radius 3 is 2.64 bits per heavy atom. The van der Waals surface area contributed by atoms with Crippen molar-refractivity contribution in [3.8, 4) is 6.07 Å². The van der Waals surface area contributed by atoms with Crippen LogP contribution in [-0.2, 0) is 5.41 Å². The summed E-state index contributed by atoms with van der Waals surface area (Å²) in [6.45, 7) is 0. The van der Waals surface area contributed by atoms with Crippen LogP contribution in [0.1, 0.15) is 24.8 Å². The van der Waals surface area contributed by atoms with E-state index in [0.717, 1.165) is 33.4 Å². The second-order valence-corrected chi connectivity index (χ2v) is 5.13. The van der Waals surface area contributed by atoms with Crippen LogP contribution < -0.4 is 0 Å².